The second-order valence-corrected chi connectivity index (χ2v) is 5.33. The number of likely N-dealkylation sites (tertiary alicyclic amines) is 1. The van der Waals surface area contributed by atoms with Crippen LogP contribution in [0.4, 0.5) is 0 Å². The molecule has 1 saturated heterocycles. The molecule has 1 heterocycles. The van der Waals surface area contributed by atoms with Gasteiger partial charge in [-0.2, -0.15) is 0 Å². The van der Waals surface area contributed by atoms with E-state index in [1.54, 1.807) is 0 Å². The van der Waals surface area contributed by atoms with Crippen molar-refractivity contribution in [3.8, 4) is 0 Å². The number of aryl methyl sites for hydroxylation is 1. The SMILES string of the molecule is Cc1ccccc1[C@H](CN)N1CCC(C)CC1. The maximum Gasteiger partial charge on any atom is 0.0473 e. The van der Waals surface area contributed by atoms with Crippen LogP contribution in [0.1, 0.15) is 36.9 Å². The van der Waals surface area contributed by atoms with Crippen molar-refractivity contribution in [2.75, 3.05) is 19.6 Å². The van der Waals surface area contributed by atoms with Gasteiger partial charge >= 0.3 is 0 Å². The second kappa shape index (κ2) is 5.65. The molecule has 1 fully saturated rings. The Kier molecular flexibility index (Phi) is 4.19. The number of hydrogen-bond donors (Lipinski definition) is 1. The smallest absolute Gasteiger partial charge is 0.0473 e. The number of rotatable bonds is 3. The van der Waals surface area contributed by atoms with Crippen LogP contribution in [0.15, 0.2) is 24.3 Å². The number of nitrogens with zero attached hydrogens (tertiary/aromatic N) is 1. The molecule has 1 atom stereocenters. The average Bonchev–Trinajstić information content (AvgIpc) is 2.35. The predicted octanol–water partition coefficient (Wildman–Crippen LogP) is 2.73. The maximum absolute atomic E-state index is 6.00. The Labute approximate surface area is 105 Å². The summed E-state index contributed by atoms with van der Waals surface area (Å²) in [6.45, 7) is 7.64. The van der Waals surface area contributed by atoms with E-state index in [0.29, 0.717) is 6.04 Å². The lowest BCUT2D eigenvalue weighted by molar-refractivity contribution is 0.141. The van der Waals surface area contributed by atoms with E-state index in [0.717, 1.165) is 12.5 Å². The van der Waals surface area contributed by atoms with Gasteiger partial charge in [0.15, 0.2) is 0 Å². The first kappa shape index (κ1) is 12.6. The fourth-order valence-corrected chi connectivity index (χ4v) is 2.77. The quantitative estimate of drug-likeness (QED) is 0.868. The zero-order valence-electron chi connectivity index (χ0n) is 11.0. The van der Waals surface area contributed by atoms with Gasteiger partial charge in [-0.1, -0.05) is 31.2 Å². The number of hydrogen-bond acceptors (Lipinski definition) is 2. The van der Waals surface area contributed by atoms with Crippen molar-refractivity contribution in [3.63, 3.8) is 0 Å². The Morgan fingerprint density at radius 2 is 1.94 bits per heavy atom. The molecule has 1 aromatic carbocycles. The van der Waals surface area contributed by atoms with Gasteiger partial charge in [-0.15, -0.1) is 0 Å². The molecule has 0 bridgehead atoms. The van der Waals surface area contributed by atoms with Crippen molar-refractivity contribution in [1.82, 2.24) is 4.90 Å². The average molecular weight is 232 g/mol. The molecule has 94 valence electrons. The lowest BCUT2D eigenvalue weighted by Crippen LogP contribution is -2.39. The molecule has 0 spiro atoms. The molecule has 1 aliphatic heterocycles. The van der Waals surface area contributed by atoms with Gasteiger partial charge in [-0.05, 0) is 49.9 Å². The Hall–Kier alpha value is -0.860. The molecular formula is C15H24N2. The van der Waals surface area contributed by atoms with Crippen molar-refractivity contribution in [2.45, 2.75) is 32.7 Å². The third-order valence-electron chi connectivity index (χ3n) is 4.03. The topological polar surface area (TPSA) is 29.3 Å². The zero-order chi connectivity index (χ0) is 12.3. The van der Waals surface area contributed by atoms with E-state index in [2.05, 4.69) is 43.0 Å². The van der Waals surface area contributed by atoms with Crippen LogP contribution in [-0.4, -0.2) is 24.5 Å². The fourth-order valence-electron chi connectivity index (χ4n) is 2.77. The Morgan fingerprint density at radius 1 is 1.29 bits per heavy atom. The Balaban J connectivity index is 2.14. The summed E-state index contributed by atoms with van der Waals surface area (Å²) in [6.07, 6.45) is 2.62. The number of benzene rings is 1. The third-order valence-corrected chi connectivity index (χ3v) is 4.03. The van der Waals surface area contributed by atoms with Crippen molar-refractivity contribution < 1.29 is 0 Å². The van der Waals surface area contributed by atoms with Crippen LogP contribution >= 0.6 is 0 Å². The summed E-state index contributed by atoms with van der Waals surface area (Å²) >= 11 is 0. The summed E-state index contributed by atoms with van der Waals surface area (Å²) in [7, 11) is 0. The molecule has 0 aliphatic carbocycles. The van der Waals surface area contributed by atoms with Crippen LogP contribution < -0.4 is 5.73 Å². The highest BCUT2D eigenvalue weighted by Gasteiger charge is 2.24. The molecular weight excluding hydrogens is 208 g/mol. The van der Waals surface area contributed by atoms with Crippen LogP contribution in [0.5, 0.6) is 0 Å². The summed E-state index contributed by atoms with van der Waals surface area (Å²) in [4.78, 5) is 2.56. The van der Waals surface area contributed by atoms with Crippen LogP contribution in [0.3, 0.4) is 0 Å². The van der Waals surface area contributed by atoms with E-state index in [-0.39, 0.29) is 0 Å². The molecule has 0 radical (unpaired) electrons. The highest BCUT2D eigenvalue weighted by Crippen LogP contribution is 2.27. The van der Waals surface area contributed by atoms with Gasteiger partial charge in [0.2, 0.25) is 0 Å². The number of nitrogens with two attached hydrogens (primary N) is 1. The van der Waals surface area contributed by atoms with Gasteiger partial charge in [0.25, 0.3) is 0 Å². The first-order valence-electron chi connectivity index (χ1n) is 6.72. The van der Waals surface area contributed by atoms with Crippen molar-refractivity contribution in [2.24, 2.45) is 11.7 Å². The van der Waals surface area contributed by atoms with E-state index in [1.165, 1.54) is 37.1 Å². The minimum atomic E-state index is 0.406. The Bertz CT molecular complexity index is 354. The van der Waals surface area contributed by atoms with Gasteiger partial charge in [-0.25, -0.2) is 0 Å². The standard InChI is InChI=1S/C15H24N2/c1-12-7-9-17(10-8-12)15(11-16)14-6-4-3-5-13(14)2/h3-6,12,15H,7-11,16H2,1-2H3/t15-/m0/s1. The highest BCUT2D eigenvalue weighted by molar-refractivity contribution is 5.29. The molecule has 0 amide bonds. The summed E-state index contributed by atoms with van der Waals surface area (Å²) in [5, 5.41) is 0. The van der Waals surface area contributed by atoms with Crippen molar-refractivity contribution in [1.29, 1.82) is 0 Å². The second-order valence-electron chi connectivity index (χ2n) is 5.33. The minimum absolute atomic E-state index is 0.406. The zero-order valence-corrected chi connectivity index (χ0v) is 11.0. The van der Waals surface area contributed by atoms with Gasteiger partial charge in [0.05, 0.1) is 0 Å². The van der Waals surface area contributed by atoms with Crippen LogP contribution in [0.2, 0.25) is 0 Å². The normalized spacial score (nSPS) is 20.4. The van der Waals surface area contributed by atoms with E-state index < -0.39 is 0 Å². The van der Waals surface area contributed by atoms with Crippen molar-refractivity contribution in [3.05, 3.63) is 35.4 Å². The lowest BCUT2D eigenvalue weighted by atomic mass is 9.94. The van der Waals surface area contributed by atoms with E-state index in [1.807, 2.05) is 0 Å². The summed E-state index contributed by atoms with van der Waals surface area (Å²) in [5.74, 6) is 0.876. The van der Waals surface area contributed by atoms with Crippen LogP contribution in [0.25, 0.3) is 0 Å². The van der Waals surface area contributed by atoms with E-state index in [9.17, 15) is 0 Å². The minimum Gasteiger partial charge on any atom is -0.329 e. The molecule has 2 N–H and O–H groups in total. The van der Waals surface area contributed by atoms with Gasteiger partial charge < -0.3 is 5.73 Å². The molecule has 1 aromatic rings. The van der Waals surface area contributed by atoms with Gasteiger partial charge in [-0.3, -0.25) is 4.90 Å². The molecule has 0 saturated carbocycles. The van der Waals surface area contributed by atoms with Crippen LogP contribution in [-0.2, 0) is 0 Å². The van der Waals surface area contributed by atoms with Crippen LogP contribution in [0, 0.1) is 12.8 Å². The third kappa shape index (κ3) is 2.88. The molecule has 1 aliphatic rings. The first-order valence-corrected chi connectivity index (χ1v) is 6.72. The van der Waals surface area contributed by atoms with Crippen molar-refractivity contribution >= 4 is 0 Å². The predicted molar refractivity (Wildman–Crippen MR) is 72.9 cm³/mol. The largest absolute Gasteiger partial charge is 0.329 e. The number of piperidine rings is 1. The lowest BCUT2D eigenvalue weighted by Gasteiger charge is -2.37. The summed E-state index contributed by atoms with van der Waals surface area (Å²) in [6, 6.07) is 9.04. The molecule has 17 heavy (non-hydrogen) atoms. The molecule has 0 aromatic heterocycles. The molecule has 0 unspecified atom stereocenters. The highest BCUT2D eigenvalue weighted by atomic mass is 15.2. The van der Waals surface area contributed by atoms with E-state index in [4.69, 9.17) is 5.73 Å². The fraction of sp³-hybridized carbons (Fsp3) is 0.600. The van der Waals surface area contributed by atoms with E-state index >= 15 is 0 Å². The molecule has 2 rings (SSSR count). The maximum atomic E-state index is 6.00. The Morgan fingerprint density at radius 3 is 2.53 bits per heavy atom. The monoisotopic (exact) mass is 232 g/mol. The molecule has 2 nitrogen and oxygen atoms in total. The molecule has 2 heteroatoms. The summed E-state index contributed by atoms with van der Waals surface area (Å²) < 4.78 is 0. The van der Waals surface area contributed by atoms with Gasteiger partial charge in [0, 0.05) is 12.6 Å². The first-order chi connectivity index (χ1) is 8.22. The van der Waals surface area contributed by atoms with Gasteiger partial charge in [0.1, 0.15) is 0 Å². The summed E-state index contributed by atoms with van der Waals surface area (Å²) in [5.41, 5.74) is 8.77.